The molecule has 1 N–H and O–H groups in total. The molecule has 27 heavy (non-hydrogen) atoms. The van der Waals surface area contributed by atoms with Crippen molar-refractivity contribution in [1.82, 2.24) is 15.1 Å². The molecule has 0 aliphatic heterocycles. The number of nitrogens with one attached hydrogen (secondary N) is 1. The van der Waals surface area contributed by atoms with Crippen LogP contribution in [0.5, 0.6) is 0 Å². The number of amides is 1. The highest BCUT2D eigenvalue weighted by Crippen LogP contribution is 2.22. The molecular weight excluding hydrogens is 338 g/mol. The predicted molar refractivity (Wildman–Crippen MR) is 106 cm³/mol. The smallest absolute Gasteiger partial charge is 0.255 e. The Balaban J connectivity index is 1.98. The number of aryl methyl sites for hydroxylation is 2. The molecule has 2 heterocycles. The first-order valence-electron chi connectivity index (χ1n) is 9.62. The van der Waals surface area contributed by atoms with Crippen molar-refractivity contribution in [3.63, 3.8) is 0 Å². The third kappa shape index (κ3) is 4.30. The fraction of sp³-hybridized carbons (Fsp3) is 0.364. The minimum Gasteiger partial charge on any atom is -0.467 e. The minimum atomic E-state index is -0.0864. The molecule has 0 fully saturated rings. The van der Waals surface area contributed by atoms with Crippen LogP contribution in [0.3, 0.4) is 0 Å². The third-order valence-corrected chi connectivity index (χ3v) is 4.54. The van der Waals surface area contributed by atoms with Crippen LogP contribution in [0.4, 0.5) is 0 Å². The van der Waals surface area contributed by atoms with E-state index in [2.05, 4.69) is 50.4 Å². The molecule has 1 aromatic carbocycles. The molecule has 0 atom stereocenters. The van der Waals surface area contributed by atoms with Gasteiger partial charge in [-0.05, 0) is 44.0 Å². The summed E-state index contributed by atoms with van der Waals surface area (Å²) in [6.45, 7) is 6.67. The average molecular weight is 365 g/mol. The normalized spacial score (nSPS) is 10.9. The predicted octanol–water partition coefficient (Wildman–Crippen LogP) is 4.61. The van der Waals surface area contributed by atoms with Gasteiger partial charge in [-0.1, -0.05) is 44.4 Å². The van der Waals surface area contributed by atoms with Gasteiger partial charge in [-0.15, -0.1) is 0 Å². The zero-order valence-corrected chi connectivity index (χ0v) is 16.3. The van der Waals surface area contributed by atoms with Gasteiger partial charge in [0.2, 0.25) is 0 Å². The number of carbonyl (C=O) groups excluding carboxylic acids is 1. The molecule has 5 heteroatoms. The van der Waals surface area contributed by atoms with Gasteiger partial charge < -0.3 is 9.73 Å². The summed E-state index contributed by atoms with van der Waals surface area (Å²) in [5, 5.41) is 7.80. The van der Waals surface area contributed by atoms with E-state index in [1.54, 1.807) is 6.26 Å². The van der Waals surface area contributed by atoms with Crippen LogP contribution in [-0.4, -0.2) is 15.7 Å². The van der Waals surface area contributed by atoms with Gasteiger partial charge in [0.1, 0.15) is 5.76 Å². The zero-order chi connectivity index (χ0) is 19.2. The van der Waals surface area contributed by atoms with Crippen molar-refractivity contribution < 1.29 is 9.21 Å². The van der Waals surface area contributed by atoms with Gasteiger partial charge in [0.15, 0.2) is 0 Å². The van der Waals surface area contributed by atoms with Crippen molar-refractivity contribution >= 4 is 5.91 Å². The molecule has 0 spiro atoms. The molecule has 5 nitrogen and oxygen atoms in total. The Morgan fingerprint density at radius 1 is 1.11 bits per heavy atom. The quantitative estimate of drug-likeness (QED) is 0.634. The molecule has 3 rings (SSSR count). The molecule has 0 unspecified atom stereocenters. The van der Waals surface area contributed by atoms with Crippen LogP contribution in [0, 0.1) is 6.92 Å². The van der Waals surface area contributed by atoms with Crippen LogP contribution in [0.2, 0.25) is 0 Å². The van der Waals surface area contributed by atoms with Gasteiger partial charge in [-0.2, -0.15) is 5.10 Å². The topological polar surface area (TPSA) is 60.1 Å². The SMILES string of the molecule is CCCc1nn(-c2ccc(C)cc2)c(CCC)c1C(=O)NCc1ccco1. The lowest BCUT2D eigenvalue weighted by Crippen LogP contribution is -2.24. The highest BCUT2D eigenvalue weighted by molar-refractivity contribution is 5.96. The van der Waals surface area contributed by atoms with Crippen LogP contribution in [0.1, 0.15) is 59.8 Å². The van der Waals surface area contributed by atoms with Crippen LogP contribution >= 0.6 is 0 Å². The van der Waals surface area contributed by atoms with E-state index in [4.69, 9.17) is 9.52 Å². The highest BCUT2D eigenvalue weighted by atomic mass is 16.3. The number of nitrogens with zero attached hydrogens (tertiary/aromatic N) is 2. The summed E-state index contributed by atoms with van der Waals surface area (Å²) < 4.78 is 7.27. The Labute approximate surface area is 160 Å². The highest BCUT2D eigenvalue weighted by Gasteiger charge is 2.23. The first-order chi connectivity index (χ1) is 13.1. The Bertz CT molecular complexity index is 877. The van der Waals surface area contributed by atoms with Gasteiger partial charge >= 0.3 is 0 Å². The van der Waals surface area contributed by atoms with Crippen molar-refractivity contribution in [1.29, 1.82) is 0 Å². The summed E-state index contributed by atoms with van der Waals surface area (Å²) in [5.41, 5.74) is 4.74. The van der Waals surface area contributed by atoms with Crippen LogP contribution in [-0.2, 0) is 19.4 Å². The van der Waals surface area contributed by atoms with E-state index in [-0.39, 0.29) is 5.91 Å². The van der Waals surface area contributed by atoms with Crippen LogP contribution in [0.15, 0.2) is 47.1 Å². The lowest BCUT2D eigenvalue weighted by Gasteiger charge is -2.10. The molecule has 3 aromatic rings. The van der Waals surface area contributed by atoms with E-state index in [0.717, 1.165) is 48.5 Å². The van der Waals surface area contributed by atoms with Crippen molar-refractivity contribution in [2.45, 2.75) is 53.0 Å². The maximum Gasteiger partial charge on any atom is 0.255 e. The van der Waals surface area contributed by atoms with Crippen molar-refractivity contribution in [3.05, 3.63) is 70.9 Å². The number of benzene rings is 1. The zero-order valence-electron chi connectivity index (χ0n) is 16.3. The van der Waals surface area contributed by atoms with Gasteiger partial charge in [-0.3, -0.25) is 4.79 Å². The minimum absolute atomic E-state index is 0.0864. The van der Waals surface area contributed by atoms with Gasteiger partial charge in [0.05, 0.1) is 35.4 Å². The van der Waals surface area contributed by atoms with E-state index in [9.17, 15) is 4.79 Å². The second kappa shape index (κ2) is 8.71. The Morgan fingerprint density at radius 3 is 2.48 bits per heavy atom. The third-order valence-electron chi connectivity index (χ3n) is 4.54. The summed E-state index contributed by atoms with van der Waals surface area (Å²) in [7, 11) is 0. The number of hydrogen-bond donors (Lipinski definition) is 1. The van der Waals surface area contributed by atoms with Crippen LogP contribution in [0.25, 0.3) is 5.69 Å². The fourth-order valence-electron chi connectivity index (χ4n) is 3.21. The second-order valence-electron chi connectivity index (χ2n) is 6.78. The molecule has 2 aromatic heterocycles. The molecule has 0 bridgehead atoms. The lowest BCUT2D eigenvalue weighted by molar-refractivity contribution is 0.0946. The average Bonchev–Trinajstić information content (AvgIpc) is 3.30. The number of furan rings is 1. The molecule has 0 saturated carbocycles. The maximum absolute atomic E-state index is 13.0. The van der Waals surface area contributed by atoms with E-state index in [1.807, 2.05) is 16.8 Å². The first kappa shape index (κ1) is 19.0. The summed E-state index contributed by atoms with van der Waals surface area (Å²) in [6, 6.07) is 11.9. The maximum atomic E-state index is 13.0. The largest absolute Gasteiger partial charge is 0.467 e. The number of carbonyl (C=O) groups is 1. The molecule has 1 amide bonds. The summed E-state index contributed by atoms with van der Waals surface area (Å²) in [5.74, 6) is 0.653. The molecule has 0 aliphatic carbocycles. The number of rotatable bonds is 8. The van der Waals surface area contributed by atoms with E-state index >= 15 is 0 Å². The monoisotopic (exact) mass is 365 g/mol. The van der Waals surface area contributed by atoms with Gasteiger partial charge in [0, 0.05) is 0 Å². The van der Waals surface area contributed by atoms with E-state index < -0.39 is 0 Å². The second-order valence-corrected chi connectivity index (χ2v) is 6.78. The van der Waals surface area contributed by atoms with Crippen molar-refractivity contribution in [2.75, 3.05) is 0 Å². The molecule has 142 valence electrons. The van der Waals surface area contributed by atoms with Crippen molar-refractivity contribution in [3.8, 4) is 5.69 Å². The van der Waals surface area contributed by atoms with E-state index in [0.29, 0.717) is 12.1 Å². The fourth-order valence-corrected chi connectivity index (χ4v) is 3.21. The number of hydrogen-bond acceptors (Lipinski definition) is 3. The van der Waals surface area contributed by atoms with Crippen molar-refractivity contribution in [2.24, 2.45) is 0 Å². The summed E-state index contributed by atoms with van der Waals surface area (Å²) >= 11 is 0. The first-order valence-corrected chi connectivity index (χ1v) is 9.62. The van der Waals surface area contributed by atoms with Crippen LogP contribution < -0.4 is 5.32 Å². The Morgan fingerprint density at radius 2 is 1.85 bits per heavy atom. The molecule has 0 aliphatic rings. The Kier molecular flexibility index (Phi) is 6.12. The molecule has 0 radical (unpaired) electrons. The summed E-state index contributed by atoms with van der Waals surface area (Å²) in [4.78, 5) is 13.0. The standard InChI is InChI=1S/C22H27N3O2/c1-4-7-19-21(22(26)23-15-18-9-6-14-27-18)20(8-5-2)25(24-19)17-12-10-16(3)11-13-17/h6,9-14H,4-5,7-8,15H2,1-3H3,(H,23,26). The number of aromatic nitrogens is 2. The van der Waals surface area contributed by atoms with Gasteiger partial charge in [0.25, 0.3) is 5.91 Å². The van der Waals surface area contributed by atoms with Gasteiger partial charge in [-0.25, -0.2) is 4.68 Å². The Hall–Kier alpha value is -2.82. The molecule has 0 saturated heterocycles. The van der Waals surface area contributed by atoms with E-state index in [1.165, 1.54) is 5.56 Å². The lowest BCUT2D eigenvalue weighted by atomic mass is 10.1. The summed E-state index contributed by atoms with van der Waals surface area (Å²) in [6.07, 6.45) is 5.08. The molecular formula is C22H27N3O2.